The summed E-state index contributed by atoms with van der Waals surface area (Å²) in [5.74, 6) is -0.0668. The van der Waals surface area contributed by atoms with Crippen LogP contribution in [0.2, 0.25) is 0 Å². The number of para-hydroxylation sites is 2. The minimum absolute atomic E-state index is 0.225. The molecule has 1 N–H and O–H groups in total. The van der Waals surface area contributed by atoms with Crippen LogP contribution >= 0.6 is 0 Å². The quantitative estimate of drug-likeness (QED) is 0.592. The lowest BCUT2D eigenvalue weighted by Crippen LogP contribution is -2.32. The lowest BCUT2D eigenvalue weighted by atomic mass is 10.00. The molecule has 29 heavy (non-hydrogen) atoms. The molecule has 3 aromatic carbocycles. The number of hydrogen-bond acceptors (Lipinski definition) is 5. The Labute approximate surface area is 169 Å². The number of hydrogen-bond donors (Lipinski definition) is 1. The Bertz CT molecular complexity index is 996. The number of carbonyl (C=O) groups excluding carboxylic acids is 2. The highest BCUT2D eigenvalue weighted by Crippen LogP contribution is 2.26. The first kappa shape index (κ1) is 20.2. The molecular weight excluding hydrogens is 370 g/mol. The van der Waals surface area contributed by atoms with Crippen LogP contribution in [0.4, 0.5) is 0 Å². The molecule has 0 unspecified atom stereocenters. The van der Waals surface area contributed by atoms with E-state index in [0.29, 0.717) is 11.5 Å². The maximum Gasteiger partial charge on any atom is 0.344 e. The van der Waals surface area contributed by atoms with Gasteiger partial charge >= 0.3 is 5.97 Å². The Balaban J connectivity index is 1.49. The second-order valence-electron chi connectivity index (χ2n) is 6.46. The normalized spacial score (nSPS) is 11.5. The Morgan fingerprint density at radius 2 is 1.59 bits per heavy atom. The fourth-order valence-corrected chi connectivity index (χ4v) is 3.05. The van der Waals surface area contributed by atoms with Gasteiger partial charge in [-0.05, 0) is 35.4 Å². The van der Waals surface area contributed by atoms with Gasteiger partial charge in [-0.15, -0.1) is 0 Å². The van der Waals surface area contributed by atoms with E-state index >= 15 is 0 Å². The summed E-state index contributed by atoms with van der Waals surface area (Å²) in [4.78, 5) is 24.1. The van der Waals surface area contributed by atoms with Crippen molar-refractivity contribution < 1.29 is 23.8 Å². The minimum Gasteiger partial charge on any atom is -0.493 e. The molecule has 1 amide bonds. The molecule has 0 fully saturated rings. The lowest BCUT2D eigenvalue weighted by molar-refractivity contribution is -0.150. The molecule has 0 bridgehead atoms. The van der Waals surface area contributed by atoms with Crippen LogP contribution in [0.25, 0.3) is 10.8 Å². The van der Waals surface area contributed by atoms with E-state index < -0.39 is 5.97 Å². The summed E-state index contributed by atoms with van der Waals surface area (Å²) in [7, 11) is 1.52. The molecule has 6 nitrogen and oxygen atoms in total. The van der Waals surface area contributed by atoms with Gasteiger partial charge in [-0.25, -0.2) is 4.79 Å². The average molecular weight is 393 g/mol. The largest absolute Gasteiger partial charge is 0.493 e. The van der Waals surface area contributed by atoms with Crippen molar-refractivity contribution in [3.8, 4) is 11.5 Å². The first-order chi connectivity index (χ1) is 14.1. The highest BCUT2D eigenvalue weighted by Gasteiger charge is 2.14. The van der Waals surface area contributed by atoms with Gasteiger partial charge in [-0.2, -0.15) is 0 Å². The zero-order chi connectivity index (χ0) is 20.6. The van der Waals surface area contributed by atoms with Crippen LogP contribution in [0.1, 0.15) is 18.5 Å². The predicted molar refractivity (Wildman–Crippen MR) is 110 cm³/mol. The van der Waals surface area contributed by atoms with Crippen LogP contribution in [0, 0.1) is 0 Å². The second-order valence-corrected chi connectivity index (χ2v) is 6.46. The van der Waals surface area contributed by atoms with Crippen molar-refractivity contribution in [3.63, 3.8) is 0 Å². The summed E-state index contributed by atoms with van der Waals surface area (Å²) in [6, 6.07) is 20.7. The molecule has 0 heterocycles. The lowest BCUT2D eigenvalue weighted by Gasteiger charge is -2.17. The topological polar surface area (TPSA) is 73.9 Å². The van der Waals surface area contributed by atoms with Crippen molar-refractivity contribution in [1.82, 2.24) is 5.32 Å². The van der Waals surface area contributed by atoms with Gasteiger partial charge in [0, 0.05) is 0 Å². The van der Waals surface area contributed by atoms with Gasteiger partial charge in [0.05, 0.1) is 13.2 Å². The molecule has 0 aromatic heterocycles. The van der Waals surface area contributed by atoms with Crippen LogP contribution in [0.5, 0.6) is 11.5 Å². The predicted octanol–water partition coefficient (Wildman–Crippen LogP) is 3.65. The summed E-state index contributed by atoms with van der Waals surface area (Å²) in [5.41, 5.74) is 1.00. The standard InChI is InChI=1S/C23H23NO5/c1-16(18-11-7-9-17-8-3-4-10-19(17)18)24-22(25)14-29-23(26)15-28-21-13-6-5-12-20(21)27-2/h3-13,16H,14-15H2,1-2H3,(H,24,25)/t16-/m1/s1. The summed E-state index contributed by atoms with van der Waals surface area (Å²) in [6.45, 7) is 1.21. The SMILES string of the molecule is COc1ccccc1OCC(=O)OCC(=O)N[C@H](C)c1cccc2ccccc12. The molecule has 0 saturated carbocycles. The molecule has 0 aliphatic rings. The Morgan fingerprint density at radius 1 is 0.897 bits per heavy atom. The summed E-state index contributed by atoms with van der Waals surface area (Å²) in [6.07, 6.45) is 0. The third kappa shape index (κ3) is 5.25. The minimum atomic E-state index is -0.635. The highest BCUT2D eigenvalue weighted by molar-refractivity contribution is 5.87. The molecule has 0 aliphatic heterocycles. The van der Waals surface area contributed by atoms with Crippen molar-refractivity contribution in [3.05, 3.63) is 72.3 Å². The van der Waals surface area contributed by atoms with E-state index in [0.717, 1.165) is 16.3 Å². The van der Waals surface area contributed by atoms with Crippen LogP contribution in [0.15, 0.2) is 66.7 Å². The maximum absolute atomic E-state index is 12.2. The third-order valence-electron chi connectivity index (χ3n) is 4.45. The summed E-state index contributed by atoms with van der Waals surface area (Å²) < 4.78 is 15.5. The Kier molecular flexibility index (Phi) is 6.68. The highest BCUT2D eigenvalue weighted by atomic mass is 16.6. The van der Waals surface area contributed by atoms with E-state index in [1.165, 1.54) is 7.11 Å². The molecule has 0 saturated heterocycles. The smallest absolute Gasteiger partial charge is 0.344 e. The number of benzene rings is 3. The molecule has 1 atom stereocenters. The van der Waals surface area contributed by atoms with Gasteiger partial charge in [0.2, 0.25) is 0 Å². The first-order valence-electron chi connectivity index (χ1n) is 9.27. The molecule has 3 rings (SSSR count). The van der Waals surface area contributed by atoms with E-state index in [-0.39, 0.29) is 25.2 Å². The summed E-state index contributed by atoms with van der Waals surface area (Å²) in [5, 5.41) is 5.04. The van der Waals surface area contributed by atoms with Gasteiger partial charge in [0.25, 0.3) is 5.91 Å². The fourth-order valence-electron chi connectivity index (χ4n) is 3.05. The van der Waals surface area contributed by atoms with Gasteiger partial charge in [0.1, 0.15) is 0 Å². The molecule has 150 valence electrons. The van der Waals surface area contributed by atoms with Crippen molar-refractivity contribution >= 4 is 22.6 Å². The van der Waals surface area contributed by atoms with Gasteiger partial charge in [0.15, 0.2) is 24.7 Å². The molecule has 0 spiro atoms. The fraction of sp³-hybridized carbons (Fsp3) is 0.217. The third-order valence-corrected chi connectivity index (χ3v) is 4.45. The van der Waals surface area contributed by atoms with E-state index in [1.54, 1.807) is 24.3 Å². The van der Waals surface area contributed by atoms with Gasteiger partial charge < -0.3 is 19.5 Å². The Morgan fingerprint density at radius 3 is 2.38 bits per heavy atom. The van der Waals surface area contributed by atoms with Crippen LogP contribution in [-0.2, 0) is 14.3 Å². The van der Waals surface area contributed by atoms with Crippen molar-refractivity contribution in [2.75, 3.05) is 20.3 Å². The molecule has 3 aromatic rings. The van der Waals surface area contributed by atoms with E-state index in [9.17, 15) is 9.59 Å². The van der Waals surface area contributed by atoms with Crippen molar-refractivity contribution in [1.29, 1.82) is 0 Å². The summed E-state index contributed by atoms with van der Waals surface area (Å²) >= 11 is 0. The van der Waals surface area contributed by atoms with E-state index in [4.69, 9.17) is 14.2 Å². The number of methoxy groups -OCH3 is 1. The van der Waals surface area contributed by atoms with Crippen molar-refractivity contribution in [2.45, 2.75) is 13.0 Å². The number of rotatable bonds is 8. The van der Waals surface area contributed by atoms with Crippen LogP contribution in [-0.4, -0.2) is 32.2 Å². The number of carbonyl (C=O) groups is 2. The first-order valence-corrected chi connectivity index (χ1v) is 9.27. The number of esters is 1. The molecular formula is C23H23NO5. The molecule has 0 aliphatic carbocycles. The Hall–Kier alpha value is -3.54. The van der Waals surface area contributed by atoms with Gasteiger partial charge in [-0.3, -0.25) is 4.79 Å². The average Bonchev–Trinajstić information content (AvgIpc) is 2.76. The van der Waals surface area contributed by atoms with Crippen LogP contribution < -0.4 is 14.8 Å². The van der Waals surface area contributed by atoms with Gasteiger partial charge in [-0.1, -0.05) is 54.6 Å². The maximum atomic E-state index is 12.2. The van der Waals surface area contributed by atoms with Crippen LogP contribution in [0.3, 0.4) is 0 Å². The number of nitrogens with one attached hydrogen (secondary N) is 1. The van der Waals surface area contributed by atoms with Crippen molar-refractivity contribution in [2.24, 2.45) is 0 Å². The molecule has 6 heteroatoms. The molecule has 0 radical (unpaired) electrons. The van der Waals surface area contributed by atoms with E-state index in [2.05, 4.69) is 5.32 Å². The van der Waals surface area contributed by atoms with E-state index in [1.807, 2.05) is 49.4 Å². The number of amides is 1. The number of ether oxygens (including phenoxy) is 3. The second kappa shape index (κ2) is 9.59. The number of fused-ring (bicyclic) bond motifs is 1. The monoisotopic (exact) mass is 393 g/mol. The zero-order valence-electron chi connectivity index (χ0n) is 16.4. The zero-order valence-corrected chi connectivity index (χ0v) is 16.4.